The summed E-state index contributed by atoms with van der Waals surface area (Å²) >= 11 is 3.42. The molecule has 0 fully saturated rings. The maximum Gasteiger partial charge on any atom is 0.226 e. The molecule has 0 radical (unpaired) electrons. The molecular formula is C13H15BrN2O. The first-order valence-corrected chi connectivity index (χ1v) is 6.51. The zero-order chi connectivity index (χ0) is 12.3. The van der Waals surface area contributed by atoms with Gasteiger partial charge in [0.2, 0.25) is 5.89 Å². The molecule has 0 spiro atoms. The zero-order valence-corrected chi connectivity index (χ0v) is 11.6. The van der Waals surface area contributed by atoms with Crippen LogP contribution >= 0.6 is 15.9 Å². The molecule has 90 valence electrons. The molecule has 3 nitrogen and oxygen atoms in total. The molecule has 0 atom stereocenters. The Labute approximate surface area is 109 Å². The maximum absolute atomic E-state index is 5.20. The number of nitrogens with zero attached hydrogens (tertiary/aromatic N) is 2. The molecule has 0 aliphatic carbocycles. The molecule has 2 rings (SSSR count). The van der Waals surface area contributed by atoms with Crippen molar-refractivity contribution in [1.29, 1.82) is 0 Å². The van der Waals surface area contributed by atoms with Gasteiger partial charge in [-0.2, -0.15) is 4.98 Å². The molecule has 2 aromatic rings. The van der Waals surface area contributed by atoms with Crippen LogP contribution in [0.4, 0.5) is 0 Å². The average Bonchev–Trinajstić information content (AvgIpc) is 2.77. The predicted octanol–water partition coefficient (Wildman–Crippen LogP) is 3.74. The van der Waals surface area contributed by atoms with E-state index in [2.05, 4.69) is 52.1 Å². The molecule has 0 amide bonds. The van der Waals surface area contributed by atoms with Gasteiger partial charge in [0.05, 0.1) is 0 Å². The van der Waals surface area contributed by atoms with Crippen molar-refractivity contribution in [2.24, 2.45) is 0 Å². The molecule has 1 heterocycles. The zero-order valence-electron chi connectivity index (χ0n) is 9.98. The quantitative estimate of drug-likeness (QED) is 0.862. The fraction of sp³-hybridized carbons (Fsp3) is 0.385. The molecule has 0 aliphatic heterocycles. The Bertz CT molecular complexity index is 476. The van der Waals surface area contributed by atoms with Crippen molar-refractivity contribution in [3.05, 3.63) is 46.0 Å². The van der Waals surface area contributed by atoms with E-state index in [0.29, 0.717) is 5.92 Å². The summed E-state index contributed by atoms with van der Waals surface area (Å²) in [6, 6.07) is 8.29. The Morgan fingerprint density at radius 2 is 1.88 bits per heavy atom. The van der Waals surface area contributed by atoms with Crippen molar-refractivity contribution in [1.82, 2.24) is 10.1 Å². The summed E-state index contributed by atoms with van der Waals surface area (Å²) in [5.41, 5.74) is 1.28. The van der Waals surface area contributed by atoms with Gasteiger partial charge in [-0.25, -0.2) is 0 Å². The number of hydrogen-bond acceptors (Lipinski definition) is 3. The van der Waals surface area contributed by atoms with Crippen molar-refractivity contribution in [2.45, 2.75) is 32.6 Å². The van der Waals surface area contributed by atoms with E-state index in [9.17, 15) is 0 Å². The van der Waals surface area contributed by atoms with Crippen LogP contribution < -0.4 is 0 Å². The summed E-state index contributed by atoms with van der Waals surface area (Å²) in [4.78, 5) is 4.36. The highest BCUT2D eigenvalue weighted by molar-refractivity contribution is 9.10. The van der Waals surface area contributed by atoms with Crippen molar-refractivity contribution in [3.63, 3.8) is 0 Å². The minimum atomic E-state index is 0.320. The third kappa shape index (κ3) is 3.40. The molecule has 0 unspecified atom stereocenters. The van der Waals surface area contributed by atoms with Crippen LogP contribution in [-0.2, 0) is 12.8 Å². The highest BCUT2D eigenvalue weighted by atomic mass is 79.9. The smallest absolute Gasteiger partial charge is 0.226 e. The first kappa shape index (κ1) is 12.3. The van der Waals surface area contributed by atoms with Crippen molar-refractivity contribution in [2.75, 3.05) is 0 Å². The molecule has 0 N–H and O–H groups in total. The topological polar surface area (TPSA) is 38.9 Å². The van der Waals surface area contributed by atoms with Gasteiger partial charge in [0, 0.05) is 16.8 Å². The van der Waals surface area contributed by atoms with Crippen molar-refractivity contribution in [3.8, 4) is 0 Å². The summed E-state index contributed by atoms with van der Waals surface area (Å²) in [6.07, 6.45) is 1.72. The molecule has 1 aromatic heterocycles. The lowest BCUT2D eigenvalue weighted by Crippen LogP contribution is -1.93. The lowest BCUT2D eigenvalue weighted by molar-refractivity contribution is 0.371. The van der Waals surface area contributed by atoms with E-state index in [0.717, 1.165) is 29.0 Å². The third-order valence-electron chi connectivity index (χ3n) is 2.54. The predicted molar refractivity (Wildman–Crippen MR) is 69.9 cm³/mol. The lowest BCUT2D eigenvalue weighted by atomic mass is 10.1. The number of hydrogen-bond donors (Lipinski definition) is 0. The Morgan fingerprint density at radius 3 is 2.47 bits per heavy atom. The number of rotatable bonds is 4. The van der Waals surface area contributed by atoms with Gasteiger partial charge < -0.3 is 4.52 Å². The number of aromatic nitrogens is 2. The summed E-state index contributed by atoms with van der Waals surface area (Å²) in [5, 5.41) is 3.95. The third-order valence-corrected chi connectivity index (χ3v) is 3.07. The highest BCUT2D eigenvalue weighted by Gasteiger charge is 2.09. The molecule has 17 heavy (non-hydrogen) atoms. The molecule has 4 heteroatoms. The molecular weight excluding hydrogens is 280 g/mol. The standard InChI is InChI=1S/C13H15BrN2O/c1-9(2)13-15-12(17-16-13)8-5-10-3-6-11(14)7-4-10/h3-4,6-7,9H,5,8H2,1-2H3. The van der Waals surface area contributed by atoms with E-state index < -0.39 is 0 Å². The van der Waals surface area contributed by atoms with Crippen LogP contribution in [0.25, 0.3) is 0 Å². The molecule has 0 aliphatic rings. The molecule has 1 aromatic carbocycles. The summed E-state index contributed by atoms with van der Waals surface area (Å²) in [5.74, 6) is 1.83. The molecule has 0 saturated carbocycles. The molecule has 0 saturated heterocycles. The second-order valence-corrected chi connectivity index (χ2v) is 5.24. The van der Waals surface area contributed by atoms with E-state index in [1.165, 1.54) is 5.56 Å². The number of halogens is 1. The van der Waals surface area contributed by atoms with Gasteiger partial charge in [-0.05, 0) is 24.1 Å². The molecule has 0 bridgehead atoms. The SMILES string of the molecule is CC(C)c1noc(CCc2ccc(Br)cc2)n1. The van der Waals surface area contributed by atoms with Gasteiger partial charge in [-0.15, -0.1) is 0 Å². The van der Waals surface area contributed by atoms with Crippen LogP contribution in [0.5, 0.6) is 0 Å². The fourth-order valence-electron chi connectivity index (χ4n) is 1.51. The second-order valence-electron chi connectivity index (χ2n) is 4.33. The minimum absolute atomic E-state index is 0.320. The monoisotopic (exact) mass is 294 g/mol. The minimum Gasteiger partial charge on any atom is -0.339 e. The largest absolute Gasteiger partial charge is 0.339 e. The van der Waals surface area contributed by atoms with Gasteiger partial charge in [0.1, 0.15) is 0 Å². The van der Waals surface area contributed by atoms with Crippen LogP contribution in [-0.4, -0.2) is 10.1 Å². The Morgan fingerprint density at radius 1 is 1.18 bits per heavy atom. The average molecular weight is 295 g/mol. The normalized spacial score (nSPS) is 11.1. The number of benzene rings is 1. The second kappa shape index (κ2) is 5.45. The van der Waals surface area contributed by atoms with Crippen LogP contribution in [0.15, 0.2) is 33.3 Å². The van der Waals surface area contributed by atoms with E-state index in [-0.39, 0.29) is 0 Å². The highest BCUT2D eigenvalue weighted by Crippen LogP contribution is 2.14. The fourth-order valence-corrected chi connectivity index (χ4v) is 1.77. The summed E-state index contributed by atoms with van der Waals surface area (Å²) < 4.78 is 6.30. The Hall–Kier alpha value is -1.16. The lowest BCUT2D eigenvalue weighted by Gasteiger charge is -1.98. The van der Waals surface area contributed by atoms with Gasteiger partial charge in [-0.1, -0.05) is 47.1 Å². The van der Waals surface area contributed by atoms with E-state index >= 15 is 0 Å². The van der Waals surface area contributed by atoms with Crippen LogP contribution in [0.3, 0.4) is 0 Å². The van der Waals surface area contributed by atoms with E-state index in [4.69, 9.17) is 4.52 Å². The summed E-state index contributed by atoms with van der Waals surface area (Å²) in [6.45, 7) is 4.12. The van der Waals surface area contributed by atoms with E-state index in [1.807, 2.05) is 12.1 Å². The van der Waals surface area contributed by atoms with Gasteiger partial charge >= 0.3 is 0 Å². The first-order valence-electron chi connectivity index (χ1n) is 5.72. The van der Waals surface area contributed by atoms with Gasteiger partial charge in [0.15, 0.2) is 5.82 Å². The van der Waals surface area contributed by atoms with E-state index in [1.54, 1.807) is 0 Å². The van der Waals surface area contributed by atoms with Crippen LogP contribution in [0.1, 0.15) is 37.0 Å². The maximum atomic E-state index is 5.20. The van der Waals surface area contributed by atoms with Crippen LogP contribution in [0, 0.1) is 0 Å². The Kier molecular flexibility index (Phi) is 3.94. The van der Waals surface area contributed by atoms with Crippen LogP contribution in [0.2, 0.25) is 0 Å². The Balaban J connectivity index is 1.95. The summed E-state index contributed by atoms with van der Waals surface area (Å²) in [7, 11) is 0. The van der Waals surface area contributed by atoms with Crippen molar-refractivity contribution >= 4 is 15.9 Å². The van der Waals surface area contributed by atoms with Gasteiger partial charge in [-0.3, -0.25) is 0 Å². The van der Waals surface area contributed by atoms with Gasteiger partial charge in [0.25, 0.3) is 0 Å². The first-order chi connectivity index (χ1) is 8.15. The number of aryl methyl sites for hydroxylation is 2. The van der Waals surface area contributed by atoms with Crippen molar-refractivity contribution < 1.29 is 4.52 Å².